The summed E-state index contributed by atoms with van der Waals surface area (Å²) in [7, 11) is 0. The number of ether oxygens (including phenoxy) is 1. The number of carbonyl (C=O) groups is 1. The molecule has 0 aliphatic heterocycles. The first kappa shape index (κ1) is 20.3. The Hall–Kier alpha value is -1.75. The van der Waals surface area contributed by atoms with Gasteiger partial charge in [-0.25, -0.2) is 0 Å². The number of unbranched alkanes of at least 4 members (excludes halogenated alkanes) is 6. The predicted octanol–water partition coefficient (Wildman–Crippen LogP) is 6.19. The minimum atomic E-state index is 0.0702. The van der Waals surface area contributed by atoms with Gasteiger partial charge in [-0.15, -0.1) is 5.92 Å². The maximum atomic E-state index is 11.1. The molecule has 0 fully saturated rings. The number of benzene rings is 1. The van der Waals surface area contributed by atoms with Crippen molar-refractivity contribution in [1.29, 1.82) is 0 Å². The first-order valence-corrected chi connectivity index (χ1v) is 9.48. The molecule has 0 bridgehead atoms. The third-order valence-corrected chi connectivity index (χ3v) is 4.10. The van der Waals surface area contributed by atoms with Crippen LogP contribution in [0.1, 0.15) is 88.4 Å². The largest absolute Gasteiger partial charge is 0.489 e. The standard InChI is InChI=1S/C22H32O2/c1-3-5-7-8-9-10-12-17-21(16-11-6-4-2)24-22-18-14-13-15-20(22)19-23/h13-15,18-19,21H,3-5,7-10,12,16-17H2,1-2H3. The van der Waals surface area contributed by atoms with Crippen molar-refractivity contribution < 1.29 is 9.53 Å². The zero-order chi connectivity index (χ0) is 17.5. The first-order valence-electron chi connectivity index (χ1n) is 9.48. The van der Waals surface area contributed by atoms with E-state index in [-0.39, 0.29) is 6.10 Å². The zero-order valence-electron chi connectivity index (χ0n) is 15.4. The van der Waals surface area contributed by atoms with E-state index in [1.54, 1.807) is 6.07 Å². The molecule has 0 spiro atoms. The van der Waals surface area contributed by atoms with Gasteiger partial charge in [0, 0.05) is 12.8 Å². The third kappa shape index (κ3) is 8.77. The molecular weight excluding hydrogens is 296 g/mol. The molecule has 1 unspecified atom stereocenters. The van der Waals surface area contributed by atoms with Crippen LogP contribution in [-0.4, -0.2) is 12.4 Å². The van der Waals surface area contributed by atoms with Crippen LogP contribution in [0, 0.1) is 11.8 Å². The molecule has 2 heteroatoms. The van der Waals surface area contributed by atoms with Gasteiger partial charge in [-0.2, -0.15) is 0 Å². The van der Waals surface area contributed by atoms with Crippen molar-refractivity contribution in [3.05, 3.63) is 29.8 Å². The Balaban J connectivity index is 2.46. The van der Waals surface area contributed by atoms with Crippen LogP contribution < -0.4 is 4.74 Å². The lowest BCUT2D eigenvalue weighted by Crippen LogP contribution is -2.16. The van der Waals surface area contributed by atoms with Gasteiger partial charge in [-0.05, 0) is 25.0 Å². The number of hydrogen-bond acceptors (Lipinski definition) is 2. The molecular formula is C22H32O2. The first-order chi connectivity index (χ1) is 11.8. The maximum absolute atomic E-state index is 11.1. The van der Waals surface area contributed by atoms with E-state index < -0.39 is 0 Å². The lowest BCUT2D eigenvalue weighted by Gasteiger charge is -2.18. The van der Waals surface area contributed by atoms with Gasteiger partial charge in [0.1, 0.15) is 11.9 Å². The summed E-state index contributed by atoms with van der Waals surface area (Å²) in [5.74, 6) is 7.00. The van der Waals surface area contributed by atoms with E-state index in [2.05, 4.69) is 25.7 Å². The molecule has 0 heterocycles. The van der Waals surface area contributed by atoms with Gasteiger partial charge in [0.05, 0.1) is 5.56 Å². The molecule has 0 N–H and O–H groups in total. The van der Waals surface area contributed by atoms with Gasteiger partial charge < -0.3 is 4.74 Å². The summed E-state index contributed by atoms with van der Waals surface area (Å²) in [6.07, 6.45) is 12.6. The Bertz CT molecular complexity index is 510. The highest BCUT2D eigenvalue weighted by molar-refractivity contribution is 5.79. The number of para-hydroxylation sites is 1. The van der Waals surface area contributed by atoms with E-state index in [1.807, 2.05) is 18.2 Å². The average molecular weight is 328 g/mol. The van der Waals surface area contributed by atoms with Gasteiger partial charge >= 0.3 is 0 Å². The van der Waals surface area contributed by atoms with Crippen molar-refractivity contribution in [3.63, 3.8) is 0 Å². The number of aldehydes is 1. The molecule has 0 aromatic heterocycles. The van der Waals surface area contributed by atoms with Crippen LogP contribution >= 0.6 is 0 Å². The summed E-state index contributed by atoms with van der Waals surface area (Å²) in [5, 5.41) is 0. The molecule has 0 amide bonds. The normalized spacial score (nSPS) is 11.4. The molecule has 0 saturated carbocycles. The fraction of sp³-hybridized carbons (Fsp3) is 0.591. The fourth-order valence-electron chi connectivity index (χ4n) is 2.71. The zero-order valence-corrected chi connectivity index (χ0v) is 15.4. The third-order valence-electron chi connectivity index (χ3n) is 4.10. The topological polar surface area (TPSA) is 26.3 Å². The lowest BCUT2D eigenvalue weighted by molar-refractivity contribution is 0.111. The maximum Gasteiger partial charge on any atom is 0.153 e. The molecule has 132 valence electrons. The molecule has 2 nitrogen and oxygen atoms in total. The Morgan fingerprint density at radius 3 is 2.42 bits per heavy atom. The van der Waals surface area contributed by atoms with E-state index in [4.69, 9.17) is 4.74 Å². The molecule has 0 aliphatic rings. The van der Waals surface area contributed by atoms with Crippen LogP contribution in [0.15, 0.2) is 24.3 Å². The molecule has 0 radical (unpaired) electrons. The summed E-state index contributed by atoms with van der Waals surface area (Å²) in [5.41, 5.74) is 0.616. The van der Waals surface area contributed by atoms with Crippen molar-refractivity contribution in [1.82, 2.24) is 0 Å². The Kier molecular flexibility index (Phi) is 11.6. The number of rotatable bonds is 12. The highest BCUT2D eigenvalue weighted by Gasteiger charge is 2.11. The fourth-order valence-corrected chi connectivity index (χ4v) is 2.71. The van der Waals surface area contributed by atoms with Gasteiger partial charge in [0.15, 0.2) is 6.29 Å². The van der Waals surface area contributed by atoms with Crippen molar-refractivity contribution in [2.45, 2.75) is 84.2 Å². The quantitative estimate of drug-likeness (QED) is 0.260. The highest BCUT2D eigenvalue weighted by Crippen LogP contribution is 2.21. The second kappa shape index (κ2) is 13.7. The number of hydrogen-bond donors (Lipinski definition) is 0. The highest BCUT2D eigenvalue weighted by atomic mass is 16.5. The van der Waals surface area contributed by atoms with E-state index in [9.17, 15) is 4.79 Å². The number of carbonyl (C=O) groups excluding carboxylic acids is 1. The van der Waals surface area contributed by atoms with Crippen LogP contribution in [0.4, 0.5) is 0 Å². The smallest absolute Gasteiger partial charge is 0.153 e. The monoisotopic (exact) mass is 328 g/mol. The van der Waals surface area contributed by atoms with E-state index in [0.717, 1.165) is 32.0 Å². The Morgan fingerprint density at radius 2 is 1.71 bits per heavy atom. The van der Waals surface area contributed by atoms with Gasteiger partial charge in [-0.3, -0.25) is 4.79 Å². The summed E-state index contributed by atoms with van der Waals surface area (Å²) in [6.45, 7) is 4.30. The summed E-state index contributed by atoms with van der Waals surface area (Å²) < 4.78 is 6.09. The summed E-state index contributed by atoms with van der Waals surface area (Å²) in [6, 6.07) is 7.43. The molecule has 1 rings (SSSR count). The molecule has 1 aromatic carbocycles. The Morgan fingerprint density at radius 1 is 1.00 bits per heavy atom. The Labute approximate surface area is 148 Å². The lowest BCUT2D eigenvalue weighted by atomic mass is 10.0. The molecule has 0 aliphatic carbocycles. The summed E-state index contributed by atoms with van der Waals surface area (Å²) >= 11 is 0. The second-order valence-electron chi connectivity index (χ2n) is 6.22. The van der Waals surface area contributed by atoms with Crippen molar-refractivity contribution in [3.8, 4) is 17.6 Å². The minimum Gasteiger partial charge on any atom is -0.489 e. The molecule has 1 atom stereocenters. The van der Waals surface area contributed by atoms with Crippen LogP contribution in [0.3, 0.4) is 0 Å². The molecule has 1 aromatic rings. The van der Waals surface area contributed by atoms with E-state index in [0.29, 0.717) is 11.3 Å². The van der Waals surface area contributed by atoms with Crippen LogP contribution in [0.5, 0.6) is 5.75 Å². The van der Waals surface area contributed by atoms with Gasteiger partial charge in [-0.1, -0.05) is 70.4 Å². The van der Waals surface area contributed by atoms with E-state index in [1.165, 1.54) is 38.5 Å². The van der Waals surface area contributed by atoms with E-state index >= 15 is 0 Å². The van der Waals surface area contributed by atoms with Gasteiger partial charge in [0.25, 0.3) is 0 Å². The molecule has 24 heavy (non-hydrogen) atoms. The van der Waals surface area contributed by atoms with Crippen LogP contribution in [0.2, 0.25) is 0 Å². The van der Waals surface area contributed by atoms with Crippen molar-refractivity contribution in [2.24, 2.45) is 0 Å². The summed E-state index contributed by atoms with van der Waals surface area (Å²) in [4.78, 5) is 11.1. The second-order valence-corrected chi connectivity index (χ2v) is 6.22. The van der Waals surface area contributed by atoms with Crippen molar-refractivity contribution in [2.75, 3.05) is 0 Å². The van der Waals surface area contributed by atoms with Crippen LogP contribution in [-0.2, 0) is 0 Å². The SMILES string of the molecule is CCC#CCC(CCCCCCCCC)Oc1ccccc1C=O. The minimum absolute atomic E-state index is 0.0702. The van der Waals surface area contributed by atoms with Gasteiger partial charge in [0.2, 0.25) is 0 Å². The molecule has 0 saturated heterocycles. The van der Waals surface area contributed by atoms with Crippen molar-refractivity contribution >= 4 is 6.29 Å². The average Bonchev–Trinajstić information content (AvgIpc) is 2.61. The van der Waals surface area contributed by atoms with Crippen LogP contribution in [0.25, 0.3) is 0 Å². The predicted molar refractivity (Wildman–Crippen MR) is 102 cm³/mol.